The number of thiophene rings is 2. The molecule has 2 aromatic rings. The minimum Gasteiger partial charge on any atom is -0.350 e. The van der Waals surface area contributed by atoms with Crippen molar-refractivity contribution < 1.29 is 10.0 Å². The zero-order chi connectivity index (χ0) is 13.8. The number of urea groups is 1. The third-order valence-corrected chi connectivity index (χ3v) is 4.67. The molecular weight excluding hydrogens is 280 g/mol. The molecule has 2 rings (SSSR count). The molecule has 0 bridgehead atoms. The fourth-order valence-electron chi connectivity index (χ4n) is 1.54. The Labute approximate surface area is 119 Å². The third kappa shape index (κ3) is 3.44. The van der Waals surface area contributed by atoms with E-state index >= 15 is 0 Å². The van der Waals surface area contributed by atoms with E-state index in [1.54, 1.807) is 18.3 Å². The summed E-state index contributed by atoms with van der Waals surface area (Å²) < 4.78 is 0. The first-order valence-corrected chi connectivity index (χ1v) is 7.36. The lowest BCUT2D eigenvalue weighted by molar-refractivity contribution is -0.0700. The molecule has 2 amide bonds. The van der Waals surface area contributed by atoms with Gasteiger partial charge in [-0.1, -0.05) is 6.07 Å². The van der Waals surface area contributed by atoms with Gasteiger partial charge in [-0.25, -0.2) is 4.79 Å². The molecule has 19 heavy (non-hydrogen) atoms. The van der Waals surface area contributed by atoms with Gasteiger partial charge in [0.1, 0.15) is 0 Å². The van der Waals surface area contributed by atoms with Gasteiger partial charge in [0.15, 0.2) is 0 Å². The second kappa shape index (κ2) is 6.01. The number of amides is 2. The van der Waals surface area contributed by atoms with Crippen LogP contribution in [0.3, 0.4) is 0 Å². The van der Waals surface area contributed by atoms with Crippen LogP contribution in [-0.4, -0.2) is 16.3 Å². The molecule has 0 saturated carbocycles. The van der Waals surface area contributed by atoms with Gasteiger partial charge in [-0.3, -0.25) is 5.21 Å². The Hall–Kier alpha value is -1.63. The topological polar surface area (TPSA) is 66.6 Å². The number of nitrogens with two attached hydrogens (primary N) is 1. The number of rotatable bonds is 4. The lowest BCUT2D eigenvalue weighted by Gasteiger charge is -2.18. The Morgan fingerprint density at radius 2 is 2.11 bits per heavy atom. The summed E-state index contributed by atoms with van der Waals surface area (Å²) in [6, 6.07) is 6.59. The number of carbonyl (C=O) groups is 1. The molecule has 0 aliphatic carbocycles. The highest BCUT2D eigenvalue weighted by Crippen LogP contribution is 2.28. The molecule has 1 atom stereocenters. The highest BCUT2D eigenvalue weighted by Gasteiger charge is 2.18. The van der Waals surface area contributed by atoms with Crippen LogP contribution in [0.15, 0.2) is 29.6 Å². The Bertz CT molecular complexity index is 575. The van der Waals surface area contributed by atoms with Crippen LogP contribution in [0, 0.1) is 0 Å². The lowest BCUT2D eigenvalue weighted by Crippen LogP contribution is -2.34. The maximum absolute atomic E-state index is 10.9. The molecule has 100 valence electrons. The van der Waals surface area contributed by atoms with Gasteiger partial charge < -0.3 is 5.73 Å². The minimum absolute atomic E-state index is 0.439. The summed E-state index contributed by atoms with van der Waals surface area (Å²) in [7, 11) is 0. The molecule has 3 N–H and O–H groups in total. The molecule has 0 fully saturated rings. The number of hydrogen-bond donors (Lipinski definition) is 2. The molecule has 1 unspecified atom stereocenters. The highest BCUT2D eigenvalue weighted by atomic mass is 32.1. The predicted molar refractivity (Wildman–Crippen MR) is 79.2 cm³/mol. The number of hydroxylamine groups is 2. The van der Waals surface area contributed by atoms with Gasteiger partial charge in [-0.05, 0) is 42.7 Å². The lowest BCUT2D eigenvalue weighted by atomic mass is 10.2. The van der Waals surface area contributed by atoms with E-state index in [9.17, 15) is 10.0 Å². The molecule has 0 aromatic carbocycles. The standard InChI is InChI=1S/C13H14N2O2S2/c1-9(15(17)13(14)16)12-7-6-11(19-12)5-4-10-3-2-8-18-10/h2-9,17H,1H3,(H2,14,16)/b5-4+. The first-order valence-electron chi connectivity index (χ1n) is 5.67. The molecule has 2 aromatic heterocycles. The summed E-state index contributed by atoms with van der Waals surface area (Å²) in [6.45, 7) is 1.73. The number of carbonyl (C=O) groups excluding carboxylic acids is 1. The molecule has 6 heteroatoms. The number of primary amides is 1. The molecule has 0 radical (unpaired) electrons. The molecule has 4 nitrogen and oxygen atoms in total. The van der Waals surface area contributed by atoms with E-state index in [0.29, 0.717) is 5.06 Å². The highest BCUT2D eigenvalue weighted by molar-refractivity contribution is 7.13. The maximum atomic E-state index is 10.9. The summed E-state index contributed by atoms with van der Waals surface area (Å²) in [6.07, 6.45) is 4.05. The van der Waals surface area contributed by atoms with E-state index in [1.165, 1.54) is 16.2 Å². The van der Waals surface area contributed by atoms with Crippen LogP contribution in [0.25, 0.3) is 12.2 Å². The summed E-state index contributed by atoms with van der Waals surface area (Å²) in [5.41, 5.74) is 5.03. The first-order chi connectivity index (χ1) is 9.08. The van der Waals surface area contributed by atoms with Crippen molar-refractivity contribution in [2.45, 2.75) is 13.0 Å². The van der Waals surface area contributed by atoms with Gasteiger partial charge in [0.25, 0.3) is 0 Å². The van der Waals surface area contributed by atoms with Crippen LogP contribution < -0.4 is 5.73 Å². The van der Waals surface area contributed by atoms with Crippen molar-refractivity contribution >= 4 is 40.9 Å². The molecule has 0 spiro atoms. The van der Waals surface area contributed by atoms with E-state index in [4.69, 9.17) is 5.73 Å². The van der Waals surface area contributed by atoms with E-state index in [0.717, 1.165) is 9.75 Å². The van der Waals surface area contributed by atoms with Gasteiger partial charge in [-0.15, -0.1) is 22.7 Å². The maximum Gasteiger partial charge on any atom is 0.339 e. The normalized spacial score (nSPS) is 12.7. The Morgan fingerprint density at radius 3 is 2.74 bits per heavy atom. The molecule has 0 aliphatic rings. The molecular formula is C13H14N2O2S2. The second-order valence-corrected chi connectivity index (χ2v) is 6.07. The van der Waals surface area contributed by atoms with Crippen molar-refractivity contribution in [2.24, 2.45) is 5.73 Å². The van der Waals surface area contributed by atoms with Gasteiger partial charge in [-0.2, -0.15) is 5.06 Å². The van der Waals surface area contributed by atoms with Crippen LogP contribution in [0.2, 0.25) is 0 Å². The average Bonchev–Trinajstić information content (AvgIpc) is 3.05. The van der Waals surface area contributed by atoms with Crippen molar-refractivity contribution in [3.8, 4) is 0 Å². The van der Waals surface area contributed by atoms with Gasteiger partial charge in [0.2, 0.25) is 0 Å². The average molecular weight is 294 g/mol. The fraction of sp³-hybridized carbons (Fsp3) is 0.154. The first kappa shape index (κ1) is 13.8. The van der Waals surface area contributed by atoms with Gasteiger partial charge in [0.05, 0.1) is 6.04 Å². The predicted octanol–water partition coefficient (Wildman–Crippen LogP) is 3.81. The van der Waals surface area contributed by atoms with Crippen molar-refractivity contribution in [3.05, 3.63) is 44.3 Å². The summed E-state index contributed by atoms with van der Waals surface area (Å²) in [5, 5.41) is 12.1. The van der Waals surface area contributed by atoms with Crippen molar-refractivity contribution in [1.82, 2.24) is 5.06 Å². The summed E-state index contributed by atoms with van der Waals surface area (Å²) in [5.74, 6) is 0. The Kier molecular flexibility index (Phi) is 4.36. The molecule has 2 heterocycles. The van der Waals surface area contributed by atoms with Crippen LogP contribution in [0.1, 0.15) is 27.6 Å². The zero-order valence-corrected chi connectivity index (χ0v) is 11.9. The van der Waals surface area contributed by atoms with Crippen LogP contribution in [-0.2, 0) is 0 Å². The Balaban J connectivity index is 2.09. The zero-order valence-electron chi connectivity index (χ0n) is 10.3. The largest absolute Gasteiger partial charge is 0.350 e. The van der Waals surface area contributed by atoms with E-state index in [-0.39, 0.29) is 0 Å². The van der Waals surface area contributed by atoms with Crippen molar-refractivity contribution in [3.63, 3.8) is 0 Å². The number of hydrogen-bond acceptors (Lipinski definition) is 4. The van der Waals surface area contributed by atoms with Gasteiger partial charge >= 0.3 is 6.03 Å². The van der Waals surface area contributed by atoms with Crippen LogP contribution in [0.4, 0.5) is 4.79 Å². The smallest absolute Gasteiger partial charge is 0.339 e. The number of nitrogens with zero attached hydrogens (tertiary/aromatic N) is 1. The van der Waals surface area contributed by atoms with E-state index in [2.05, 4.69) is 0 Å². The summed E-state index contributed by atoms with van der Waals surface area (Å²) >= 11 is 3.19. The summed E-state index contributed by atoms with van der Waals surface area (Å²) in [4.78, 5) is 14.0. The monoisotopic (exact) mass is 294 g/mol. The van der Waals surface area contributed by atoms with Gasteiger partial charge in [0, 0.05) is 14.6 Å². The Morgan fingerprint density at radius 1 is 1.37 bits per heavy atom. The van der Waals surface area contributed by atoms with E-state index < -0.39 is 12.1 Å². The van der Waals surface area contributed by atoms with E-state index in [1.807, 2.05) is 41.8 Å². The SMILES string of the molecule is CC(c1ccc(/C=C/c2cccs2)s1)N(O)C(N)=O. The fourth-order valence-corrected chi connectivity index (χ4v) is 3.11. The van der Waals surface area contributed by atoms with Crippen LogP contribution >= 0.6 is 22.7 Å². The quantitative estimate of drug-likeness (QED) is 0.665. The molecule has 0 saturated heterocycles. The third-order valence-electron chi connectivity index (χ3n) is 2.61. The molecule has 0 aliphatic heterocycles. The minimum atomic E-state index is -0.850. The van der Waals surface area contributed by atoms with Crippen LogP contribution in [0.5, 0.6) is 0 Å². The second-order valence-electron chi connectivity index (χ2n) is 3.95. The van der Waals surface area contributed by atoms with Crippen molar-refractivity contribution in [1.29, 1.82) is 0 Å². The van der Waals surface area contributed by atoms with Crippen molar-refractivity contribution in [2.75, 3.05) is 0 Å².